The van der Waals surface area contributed by atoms with E-state index < -0.39 is 0 Å². The van der Waals surface area contributed by atoms with Crippen molar-refractivity contribution in [3.8, 4) is 22.4 Å². The summed E-state index contributed by atoms with van der Waals surface area (Å²) >= 11 is 0. The van der Waals surface area contributed by atoms with E-state index in [1.165, 1.54) is 6.07 Å². The molecule has 5 heteroatoms. The molecule has 1 heterocycles. The van der Waals surface area contributed by atoms with E-state index in [2.05, 4.69) is 10.2 Å². The second kappa shape index (κ2) is 6.73. The van der Waals surface area contributed by atoms with Gasteiger partial charge in [-0.3, -0.25) is 5.10 Å². The van der Waals surface area contributed by atoms with Crippen molar-refractivity contribution in [3.05, 3.63) is 65.6 Å². The van der Waals surface area contributed by atoms with Crippen molar-refractivity contribution >= 4 is 0 Å². The third kappa shape index (κ3) is 3.02. The number of aromatic amines is 1. The second-order valence-corrected chi connectivity index (χ2v) is 5.28. The number of aliphatic hydroxyl groups is 1. The molecule has 4 nitrogen and oxygen atoms in total. The van der Waals surface area contributed by atoms with Crippen molar-refractivity contribution in [3.63, 3.8) is 0 Å². The molecule has 0 spiro atoms. The lowest BCUT2D eigenvalue weighted by molar-refractivity contribution is 0.298. The van der Waals surface area contributed by atoms with Crippen molar-refractivity contribution in [2.45, 2.75) is 13.0 Å². The Morgan fingerprint density at radius 1 is 1.13 bits per heavy atom. The summed E-state index contributed by atoms with van der Waals surface area (Å²) in [6.45, 7) is 0.287. The number of aromatic nitrogens is 2. The quantitative estimate of drug-likeness (QED) is 0.678. The van der Waals surface area contributed by atoms with Gasteiger partial charge >= 0.3 is 0 Å². The molecule has 118 valence electrons. The molecule has 0 radical (unpaired) electrons. The summed E-state index contributed by atoms with van der Waals surface area (Å²) in [5, 5.41) is 16.5. The predicted molar refractivity (Wildman–Crippen MR) is 88.1 cm³/mol. The molecule has 0 aliphatic rings. The van der Waals surface area contributed by atoms with Gasteiger partial charge in [0.05, 0.1) is 0 Å². The average Bonchev–Trinajstić information content (AvgIpc) is 2.99. The highest BCUT2D eigenvalue weighted by molar-refractivity contribution is 5.83. The number of nitrogens with zero attached hydrogens (tertiary/aromatic N) is 1. The van der Waals surface area contributed by atoms with Crippen LogP contribution in [0.2, 0.25) is 0 Å². The summed E-state index contributed by atoms with van der Waals surface area (Å²) in [6, 6.07) is 14.6. The van der Waals surface area contributed by atoms with Gasteiger partial charge in [-0.05, 0) is 23.3 Å². The molecule has 0 aliphatic heterocycles. The maximum atomic E-state index is 14.5. The molecule has 0 saturated heterocycles. The van der Waals surface area contributed by atoms with Gasteiger partial charge in [-0.15, -0.1) is 0 Å². The van der Waals surface area contributed by atoms with Crippen molar-refractivity contribution in [1.29, 1.82) is 0 Å². The first-order valence-corrected chi connectivity index (χ1v) is 7.47. The summed E-state index contributed by atoms with van der Waals surface area (Å²) < 4.78 is 14.5. The van der Waals surface area contributed by atoms with Crippen LogP contribution in [0.4, 0.5) is 4.39 Å². The summed E-state index contributed by atoms with van der Waals surface area (Å²) in [6.07, 6.45) is 0.430. The largest absolute Gasteiger partial charge is 0.396 e. The SMILES string of the molecule is NCc1ccc(-c2n[nH]c(CCO)c2-c2ccccc2)c(F)c1. The van der Waals surface area contributed by atoms with Gasteiger partial charge in [0.15, 0.2) is 0 Å². The van der Waals surface area contributed by atoms with E-state index in [4.69, 9.17) is 5.73 Å². The number of nitrogens with one attached hydrogen (secondary N) is 1. The number of hydrogen-bond acceptors (Lipinski definition) is 3. The number of H-pyrrole nitrogens is 1. The fraction of sp³-hybridized carbons (Fsp3) is 0.167. The molecule has 0 saturated carbocycles. The first kappa shape index (κ1) is 15.4. The Hall–Kier alpha value is -2.50. The van der Waals surface area contributed by atoms with Gasteiger partial charge in [0.25, 0.3) is 0 Å². The third-order valence-corrected chi connectivity index (χ3v) is 3.79. The summed E-state index contributed by atoms with van der Waals surface area (Å²) in [7, 11) is 0. The molecule has 0 atom stereocenters. The van der Waals surface area contributed by atoms with E-state index in [9.17, 15) is 9.50 Å². The minimum atomic E-state index is -0.354. The molecular weight excluding hydrogens is 293 g/mol. The third-order valence-electron chi connectivity index (χ3n) is 3.79. The Balaban J connectivity index is 2.17. The van der Waals surface area contributed by atoms with E-state index in [0.29, 0.717) is 24.2 Å². The summed E-state index contributed by atoms with van der Waals surface area (Å²) in [4.78, 5) is 0. The van der Waals surface area contributed by atoms with Crippen LogP contribution in [0.1, 0.15) is 11.3 Å². The Morgan fingerprint density at radius 3 is 2.57 bits per heavy atom. The van der Waals surface area contributed by atoms with Crippen LogP contribution < -0.4 is 5.73 Å². The van der Waals surface area contributed by atoms with Crippen LogP contribution in [-0.4, -0.2) is 21.9 Å². The number of halogens is 1. The van der Waals surface area contributed by atoms with E-state index in [-0.39, 0.29) is 12.4 Å². The first-order chi connectivity index (χ1) is 11.2. The summed E-state index contributed by atoms with van der Waals surface area (Å²) in [5.74, 6) is -0.354. The number of benzene rings is 2. The first-order valence-electron chi connectivity index (χ1n) is 7.47. The van der Waals surface area contributed by atoms with Gasteiger partial charge in [0, 0.05) is 36.4 Å². The molecule has 1 aromatic heterocycles. The van der Waals surface area contributed by atoms with Gasteiger partial charge in [-0.1, -0.05) is 36.4 Å². The van der Waals surface area contributed by atoms with Gasteiger partial charge in [0.1, 0.15) is 11.5 Å². The van der Waals surface area contributed by atoms with Crippen molar-refractivity contribution < 1.29 is 9.50 Å². The van der Waals surface area contributed by atoms with E-state index in [1.54, 1.807) is 12.1 Å². The van der Waals surface area contributed by atoms with Crippen molar-refractivity contribution in [2.75, 3.05) is 6.61 Å². The lowest BCUT2D eigenvalue weighted by Crippen LogP contribution is -1.98. The van der Waals surface area contributed by atoms with Gasteiger partial charge < -0.3 is 10.8 Å². The Morgan fingerprint density at radius 2 is 1.91 bits per heavy atom. The molecule has 3 rings (SSSR count). The average molecular weight is 311 g/mol. The Bertz CT molecular complexity index is 799. The highest BCUT2D eigenvalue weighted by Gasteiger charge is 2.19. The van der Waals surface area contributed by atoms with Crippen LogP contribution >= 0.6 is 0 Å². The molecule has 0 bridgehead atoms. The molecular formula is C18H18FN3O. The Kier molecular flexibility index (Phi) is 4.50. The number of hydrogen-bond donors (Lipinski definition) is 3. The topological polar surface area (TPSA) is 74.9 Å². The molecule has 4 N–H and O–H groups in total. The van der Waals surface area contributed by atoms with Crippen LogP contribution in [0, 0.1) is 5.82 Å². The zero-order chi connectivity index (χ0) is 16.2. The maximum absolute atomic E-state index is 14.5. The van der Waals surface area contributed by atoms with E-state index >= 15 is 0 Å². The van der Waals surface area contributed by atoms with Crippen LogP contribution in [0.3, 0.4) is 0 Å². The minimum Gasteiger partial charge on any atom is -0.396 e. The molecule has 0 amide bonds. The number of aliphatic hydroxyl groups excluding tert-OH is 1. The molecule has 0 unspecified atom stereocenters. The van der Waals surface area contributed by atoms with Crippen molar-refractivity contribution in [2.24, 2.45) is 5.73 Å². The lowest BCUT2D eigenvalue weighted by Gasteiger charge is -2.08. The van der Waals surface area contributed by atoms with Gasteiger partial charge in [0.2, 0.25) is 0 Å². The zero-order valence-electron chi connectivity index (χ0n) is 12.6. The minimum absolute atomic E-state index is 0.00391. The monoisotopic (exact) mass is 311 g/mol. The highest BCUT2D eigenvalue weighted by atomic mass is 19.1. The van der Waals surface area contributed by atoms with Crippen LogP contribution in [0.15, 0.2) is 48.5 Å². The number of nitrogens with two attached hydrogens (primary N) is 1. The standard InChI is InChI=1S/C18H18FN3O/c19-15-10-12(11-20)6-7-14(15)18-17(13-4-2-1-3-5-13)16(8-9-23)21-22-18/h1-7,10,23H,8-9,11,20H2,(H,21,22). The predicted octanol–water partition coefficient (Wildman–Crippen LogP) is 2.88. The fourth-order valence-corrected chi connectivity index (χ4v) is 2.66. The van der Waals surface area contributed by atoms with Crippen molar-refractivity contribution in [1.82, 2.24) is 10.2 Å². The Labute approximate surface area is 133 Å². The highest BCUT2D eigenvalue weighted by Crippen LogP contribution is 2.34. The summed E-state index contributed by atoms with van der Waals surface area (Å²) in [5.41, 5.74) is 9.79. The second-order valence-electron chi connectivity index (χ2n) is 5.28. The maximum Gasteiger partial charge on any atom is 0.133 e. The van der Waals surface area contributed by atoms with Crippen LogP contribution in [-0.2, 0) is 13.0 Å². The van der Waals surface area contributed by atoms with E-state index in [1.807, 2.05) is 30.3 Å². The van der Waals surface area contributed by atoms with E-state index in [0.717, 1.165) is 22.4 Å². The zero-order valence-corrected chi connectivity index (χ0v) is 12.6. The lowest BCUT2D eigenvalue weighted by atomic mass is 9.97. The molecule has 2 aromatic carbocycles. The normalized spacial score (nSPS) is 10.9. The smallest absolute Gasteiger partial charge is 0.133 e. The molecule has 0 aliphatic carbocycles. The van der Waals surface area contributed by atoms with Gasteiger partial charge in [-0.25, -0.2) is 4.39 Å². The molecule has 3 aromatic rings. The van der Waals surface area contributed by atoms with Crippen LogP contribution in [0.25, 0.3) is 22.4 Å². The van der Waals surface area contributed by atoms with Gasteiger partial charge in [-0.2, -0.15) is 5.10 Å². The fourth-order valence-electron chi connectivity index (χ4n) is 2.66. The number of rotatable bonds is 5. The molecule has 23 heavy (non-hydrogen) atoms. The van der Waals surface area contributed by atoms with Crippen LogP contribution in [0.5, 0.6) is 0 Å². The molecule has 0 fully saturated rings.